The van der Waals surface area contributed by atoms with Gasteiger partial charge in [-0.3, -0.25) is 4.79 Å². The molecule has 60 valence electrons. The Balaban J connectivity index is 2.51. The summed E-state index contributed by atoms with van der Waals surface area (Å²) in [6.07, 6.45) is 0.0475. The number of carboxylic acids is 1. The second kappa shape index (κ2) is 3.09. The lowest BCUT2D eigenvalue weighted by Gasteiger charge is -1.96. The number of carboxylic acid groups (broad SMARTS) is 1. The van der Waals surface area contributed by atoms with Gasteiger partial charge in [0.1, 0.15) is 5.82 Å². The van der Waals surface area contributed by atoms with Crippen molar-refractivity contribution >= 4 is 5.97 Å². The molecule has 1 aromatic rings. The van der Waals surface area contributed by atoms with Crippen LogP contribution in [0.3, 0.4) is 0 Å². The van der Waals surface area contributed by atoms with E-state index in [2.05, 4.69) is 15.5 Å². The number of aliphatic carboxylic acids is 1. The third-order valence-electron chi connectivity index (χ3n) is 1.25. The van der Waals surface area contributed by atoms with Crippen molar-refractivity contribution in [1.82, 2.24) is 20.2 Å². The van der Waals surface area contributed by atoms with Gasteiger partial charge in [0.25, 0.3) is 0 Å². The molecule has 1 aromatic heterocycles. The quantitative estimate of drug-likeness (QED) is 0.635. The van der Waals surface area contributed by atoms with Crippen LogP contribution in [0.2, 0.25) is 0 Å². The van der Waals surface area contributed by atoms with Crippen molar-refractivity contribution < 1.29 is 9.90 Å². The highest BCUT2D eigenvalue weighted by molar-refractivity contribution is 5.66. The normalized spacial score (nSPS) is 9.91. The van der Waals surface area contributed by atoms with Crippen LogP contribution in [0.1, 0.15) is 12.2 Å². The summed E-state index contributed by atoms with van der Waals surface area (Å²) in [5.41, 5.74) is 0. The predicted molar refractivity (Wildman–Crippen MR) is 34.8 cm³/mol. The van der Waals surface area contributed by atoms with Crippen molar-refractivity contribution in [1.29, 1.82) is 0 Å². The monoisotopic (exact) mass is 156 g/mol. The zero-order valence-corrected chi connectivity index (χ0v) is 6.06. The molecule has 0 aromatic carbocycles. The van der Waals surface area contributed by atoms with Crippen LogP contribution in [-0.4, -0.2) is 31.3 Å². The first-order chi connectivity index (χ1) is 5.20. The molecule has 11 heavy (non-hydrogen) atoms. The fourth-order valence-corrected chi connectivity index (χ4v) is 0.657. The Labute approximate surface area is 62.8 Å². The van der Waals surface area contributed by atoms with Gasteiger partial charge in [0, 0.05) is 0 Å². The number of hydrogen-bond acceptors (Lipinski definition) is 4. The standard InChI is InChI=1S/C5H8N4O2/c1-4-6-7-8-9(4)3-2-5(10)11/h2-3H2,1H3,(H,10,11). The molecule has 0 saturated heterocycles. The van der Waals surface area contributed by atoms with E-state index in [1.165, 1.54) is 4.68 Å². The summed E-state index contributed by atoms with van der Waals surface area (Å²) in [6.45, 7) is 2.05. The van der Waals surface area contributed by atoms with Gasteiger partial charge < -0.3 is 5.11 Å². The van der Waals surface area contributed by atoms with Gasteiger partial charge in [-0.25, -0.2) is 4.68 Å². The number of aromatic nitrogens is 4. The Kier molecular flexibility index (Phi) is 2.15. The van der Waals surface area contributed by atoms with Crippen molar-refractivity contribution in [3.05, 3.63) is 5.82 Å². The SMILES string of the molecule is Cc1nnnn1CCC(=O)O. The van der Waals surface area contributed by atoms with E-state index < -0.39 is 5.97 Å². The van der Waals surface area contributed by atoms with Gasteiger partial charge in [0.2, 0.25) is 0 Å². The Hall–Kier alpha value is -1.46. The van der Waals surface area contributed by atoms with Crippen molar-refractivity contribution in [3.63, 3.8) is 0 Å². The van der Waals surface area contributed by atoms with Crippen molar-refractivity contribution in [2.45, 2.75) is 19.9 Å². The molecule has 1 N–H and O–H groups in total. The summed E-state index contributed by atoms with van der Waals surface area (Å²) in [5, 5.41) is 18.9. The molecule has 0 amide bonds. The van der Waals surface area contributed by atoms with E-state index in [9.17, 15) is 4.79 Å². The topological polar surface area (TPSA) is 80.9 Å². The number of rotatable bonds is 3. The van der Waals surface area contributed by atoms with Crippen molar-refractivity contribution in [2.75, 3.05) is 0 Å². The Bertz CT molecular complexity index is 257. The van der Waals surface area contributed by atoms with E-state index in [-0.39, 0.29) is 6.42 Å². The molecule has 0 aliphatic rings. The molecule has 0 atom stereocenters. The Morgan fingerprint density at radius 1 is 1.73 bits per heavy atom. The van der Waals surface area contributed by atoms with Gasteiger partial charge in [-0.2, -0.15) is 0 Å². The van der Waals surface area contributed by atoms with Crippen LogP contribution in [0, 0.1) is 6.92 Å². The van der Waals surface area contributed by atoms with Crippen LogP contribution >= 0.6 is 0 Å². The minimum absolute atomic E-state index is 0.0475. The third-order valence-corrected chi connectivity index (χ3v) is 1.25. The molecular formula is C5H8N4O2. The van der Waals surface area contributed by atoms with Crippen LogP contribution in [0.4, 0.5) is 0 Å². The fourth-order valence-electron chi connectivity index (χ4n) is 0.657. The second-order valence-corrected chi connectivity index (χ2v) is 2.09. The van der Waals surface area contributed by atoms with Crippen LogP contribution in [0.25, 0.3) is 0 Å². The van der Waals surface area contributed by atoms with Gasteiger partial charge in [-0.15, -0.1) is 5.10 Å². The molecule has 0 saturated carbocycles. The number of nitrogens with zero attached hydrogens (tertiary/aromatic N) is 4. The van der Waals surface area contributed by atoms with Gasteiger partial charge in [0.05, 0.1) is 13.0 Å². The largest absolute Gasteiger partial charge is 0.481 e. The minimum Gasteiger partial charge on any atom is -0.481 e. The Morgan fingerprint density at radius 2 is 2.45 bits per heavy atom. The van der Waals surface area contributed by atoms with Gasteiger partial charge in [0.15, 0.2) is 0 Å². The van der Waals surface area contributed by atoms with E-state index in [0.29, 0.717) is 12.4 Å². The maximum atomic E-state index is 10.1. The molecule has 0 fully saturated rings. The summed E-state index contributed by atoms with van der Waals surface area (Å²) in [7, 11) is 0. The zero-order chi connectivity index (χ0) is 8.27. The number of hydrogen-bond donors (Lipinski definition) is 1. The van der Waals surface area contributed by atoms with E-state index in [0.717, 1.165) is 0 Å². The second-order valence-electron chi connectivity index (χ2n) is 2.09. The Morgan fingerprint density at radius 3 is 2.91 bits per heavy atom. The number of carbonyl (C=O) groups is 1. The average Bonchev–Trinajstić information content (AvgIpc) is 2.31. The highest BCUT2D eigenvalue weighted by atomic mass is 16.4. The first-order valence-corrected chi connectivity index (χ1v) is 3.14. The minimum atomic E-state index is -0.847. The lowest BCUT2D eigenvalue weighted by molar-refractivity contribution is -0.137. The summed E-state index contributed by atoms with van der Waals surface area (Å²) >= 11 is 0. The fraction of sp³-hybridized carbons (Fsp3) is 0.600. The molecule has 1 heterocycles. The zero-order valence-electron chi connectivity index (χ0n) is 6.06. The average molecular weight is 156 g/mol. The van der Waals surface area contributed by atoms with Crippen LogP contribution in [0.5, 0.6) is 0 Å². The van der Waals surface area contributed by atoms with Crippen LogP contribution < -0.4 is 0 Å². The first kappa shape index (κ1) is 7.64. The molecule has 0 spiro atoms. The summed E-state index contributed by atoms with van der Waals surface area (Å²) in [6, 6.07) is 0. The lowest BCUT2D eigenvalue weighted by Crippen LogP contribution is -2.07. The maximum Gasteiger partial charge on any atom is 0.305 e. The van der Waals surface area contributed by atoms with Gasteiger partial charge in [-0.05, 0) is 17.4 Å². The van der Waals surface area contributed by atoms with Gasteiger partial charge >= 0.3 is 5.97 Å². The van der Waals surface area contributed by atoms with E-state index in [1.54, 1.807) is 6.92 Å². The van der Waals surface area contributed by atoms with Crippen LogP contribution in [0.15, 0.2) is 0 Å². The highest BCUT2D eigenvalue weighted by Crippen LogP contribution is 1.90. The van der Waals surface area contributed by atoms with Crippen molar-refractivity contribution in [3.8, 4) is 0 Å². The molecular weight excluding hydrogens is 148 g/mol. The summed E-state index contributed by atoms with van der Waals surface area (Å²) < 4.78 is 1.45. The van der Waals surface area contributed by atoms with E-state index in [1.807, 2.05) is 0 Å². The molecule has 1 rings (SSSR count). The highest BCUT2D eigenvalue weighted by Gasteiger charge is 2.01. The van der Waals surface area contributed by atoms with Crippen molar-refractivity contribution in [2.24, 2.45) is 0 Å². The van der Waals surface area contributed by atoms with E-state index >= 15 is 0 Å². The van der Waals surface area contributed by atoms with E-state index in [4.69, 9.17) is 5.11 Å². The number of tetrazole rings is 1. The molecule has 0 aliphatic heterocycles. The smallest absolute Gasteiger partial charge is 0.305 e. The number of aryl methyl sites for hydroxylation is 2. The molecule has 0 radical (unpaired) electrons. The molecule has 0 unspecified atom stereocenters. The first-order valence-electron chi connectivity index (χ1n) is 3.14. The predicted octanol–water partition coefficient (Wildman–Crippen LogP) is -0.544. The van der Waals surface area contributed by atoms with Crippen LogP contribution in [-0.2, 0) is 11.3 Å². The van der Waals surface area contributed by atoms with Gasteiger partial charge in [-0.1, -0.05) is 0 Å². The summed E-state index contributed by atoms with van der Waals surface area (Å²) in [5.74, 6) is -0.217. The molecule has 6 heteroatoms. The maximum absolute atomic E-state index is 10.1. The molecule has 0 bridgehead atoms. The third kappa shape index (κ3) is 1.99. The summed E-state index contributed by atoms with van der Waals surface area (Å²) in [4.78, 5) is 10.1. The lowest BCUT2D eigenvalue weighted by atomic mass is 10.4. The molecule has 6 nitrogen and oxygen atoms in total. The molecule has 0 aliphatic carbocycles.